The van der Waals surface area contributed by atoms with Crippen molar-refractivity contribution in [2.45, 2.75) is 26.4 Å². The third-order valence-corrected chi connectivity index (χ3v) is 2.31. The van der Waals surface area contributed by atoms with Gasteiger partial charge in [-0.3, -0.25) is 4.79 Å². The highest BCUT2D eigenvalue weighted by atomic mass is 16.5. The maximum atomic E-state index is 10.6. The molecule has 0 atom stereocenters. The van der Waals surface area contributed by atoms with E-state index in [0.29, 0.717) is 37.6 Å². The fraction of sp³-hybridized carbons (Fsp3) is 0.583. The van der Waals surface area contributed by atoms with Crippen LogP contribution in [0.1, 0.15) is 25.6 Å². The summed E-state index contributed by atoms with van der Waals surface area (Å²) in [6, 6.07) is 1.83. The first-order valence-electron chi connectivity index (χ1n) is 6.28. The minimum absolute atomic E-state index is 0.294. The zero-order valence-corrected chi connectivity index (χ0v) is 11.4. The van der Waals surface area contributed by atoms with Crippen molar-refractivity contribution in [1.29, 1.82) is 0 Å². The van der Waals surface area contributed by atoms with E-state index in [-0.39, 0.29) is 5.91 Å². The first-order chi connectivity index (χ1) is 9.15. The zero-order valence-electron chi connectivity index (χ0n) is 11.4. The van der Waals surface area contributed by atoms with Crippen molar-refractivity contribution in [3.8, 4) is 0 Å². The summed E-state index contributed by atoms with van der Waals surface area (Å²) in [5.74, 6) is 1.78. The Labute approximate surface area is 113 Å². The molecule has 1 rings (SSSR count). The Balaban J connectivity index is 2.61. The molecule has 1 aromatic heterocycles. The number of amides is 1. The Kier molecular flexibility index (Phi) is 6.59. The minimum Gasteiger partial charge on any atom is -0.377 e. The fourth-order valence-electron chi connectivity index (χ4n) is 1.53. The van der Waals surface area contributed by atoms with Crippen molar-refractivity contribution in [2.75, 3.05) is 30.8 Å². The van der Waals surface area contributed by atoms with Crippen molar-refractivity contribution < 1.29 is 9.53 Å². The van der Waals surface area contributed by atoms with Crippen molar-refractivity contribution in [3.63, 3.8) is 0 Å². The van der Waals surface area contributed by atoms with E-state index in [1.807, 2.05) is 13.0 Å². The molecule has 0 unspecified atom stereocenters. The van der Waals surface area contributed by atoms with Gasteiger partial charge in [0.2, 0.25) is 5.91 Å². The Morgan fingerprint density at radius 2 is 2.05 bits per heavy atom. The van der Waals surface area contributed by atoms with Crippen molar-refractivity contribution in [3.05, 3.63) is 11.9 Å². The molecule has 106 valence electrons. The molecule has 0 spiro atoms. The molecule has 0 aliphatic rings. The highest BCUT2D eigenvalue weighted by Gasteiger charge is 2.04. The molecule has 1 amide bonds. The topological polar surface area (TPSA) is 102 Å². The van der Waals surface area contributed by atoms with Crippen LogP contribution in [0.4, 0.5) is 11.6 Å². The third kappa shape index (κ3) is 6.01. The van der Waals surface area contributed by atoms with E-state index in [2.05, 4.69) is 20.6 Å². The van der Waals surface area contributed by atoms with Gasteiger partial charge in [-0.1, -0.05) is 0 Å². The van der Waals surface area contributed by atoms with Gasteiger partial charge in [-0.25, -0.2) is 9.97 Å². The number of methoxy groups -OCH3 is 1. The molecule has 7 heteroatoms. The van der Waals surface area contributed by atoms with Gasteiger partial charge in [0.25, 0.3) is 0 Å². The number of carbonyl (C=O) groups excluding carboxylic acids is 1. The number of rotatable bonds is 9. The number of nitrogens with zero attached hydrogens (tertiary/aromatic N) is 2. The second kappa shape index (κ2) is 8.25. The summed E-state index contributed by atoms with van der Waals surface area (Å²) in [5.41, 5.74) is 5.08. The molecule has 1 heterocycles. The molecule has 19 heavy (non-hydrogen) atoms. The molecular formula is C12H21N5O2. The van der Waals surface area contributed by atoms with Crippen molar-refractivity contribution in [2.24, 2.45) is 5.73 Å². The number of aromatic nitrogens is 2. The quantitative estimate of drug-likeness (QED) is 0.570. The summed E-state index contributed by atoms with van der Waals surface area (Å²) in [5, 5.41) is 6.28. The van der Waals surface area contributed by atoms with Crippen LogP contribution in [-0.4, -0.2) is 36.1 Å². The predicted octanol–water partition coefficient (Wildman–Crippen LogP) is 0.732. The van der Waals surface area contributed by atoms with Crippen LogP contribution in [0.2, 0.25) is 0 Å². The summed E-state index contributed by atoms with van der Waals surface area (Å²) < 4.78 is 5.03. The first-order valence-corrected chi connectivity index (χ1v) is 6.28. The van der Waals surface area contributed by atoms with Crippen LogP contribution in [0.15, 0.2) is 6.07 Å². The van der Waals surface area contributed by atoms with Crippen LogP contribution in [-0.2, 0) is 16.1 Å². The van der Waals surface area contributed by atoms with Crippen LogP contribution in [0.25, 0.3) is 0 Å². The molecule has 4 N–H and O–H groups in total. The van der Waals surface area contributed by atoms with E-state index >= 15 is 0 Å². The summed E-state index contributed by atoms with van der Waals surface area (Å²) >= 11 is 0. The van der Waals surface area contributed by atoms with Crippen LogP contribution in [0.5, 0.6) is 0 Å². The second-order valence-electron chi connectivity index (χ2n) is 4.01. The van der Waals surface area contributed by atoms with E-state index in [1.54, 1.807) is 7.11 Å². The van der Waals surface area contributed by atoms with Gasteiger partial charge in [-0.2, -0.15) is 0 Å². The zero-order chi connectivity index (χ0) is 14.1. The summed E-state index contributed by atoms with van der Waals surface area (Å²) in [7, 11) is 1.60. The van der Waals surface area contributed by atoms with E-state index in [0.717, 1.165) is 12.4 Å². The van der Waals surface area contributed by atoms with Gasteiger partial charge in [0.05, 0.1) is 0 Å². The number of hydrogen-bond donors (Lipinski definition) is 3. The number of carbonyl (C=O) groups is 1. The van der Waals surface area contributed by atoms with Crippen molar-refractivity contribution in [1.82, 2.24) is 9.97 Å². The van der Waals surface area contributed by atoms with Crippen LogP contribution < -0.4 is 16.4 Å². The largest absolute Gasteiger partial charge is 0.377 e. The van der Waals surface area contributed by atoms with Gasteiger partial charge in [-0.15, -0.1) is 0 Å². The van der Waals surface area contributed by atoms with Gasteiger partial charge >= 0.3 is 0 Å². The average molecular weight is 267 g/mol. The SMILES string of the molecule is CCNc1cc(NCCCC(N)=O)nc(COC)n1. The molecule has 0 aliphatic heterocycles. The molecule has 1 aromatic rings. The number of ether oxygens (including phenoxy) is 1. The Morgan fingerprint density at radius 3 is 2.63 bits per heavy atom. The fourth-order valence-corrected chi connectivity index (χ4v) is 1.53. The van der Waals surface area contributed by atoms with Gasteiger partial charge in [0.1, 0.15) is 18.2 Å². The number of hydrogen-bond acceptors (Lipinski definition) is 6. The lowest BCUT2D eigenvalue weighted by atomic mass is 10.3. The molecule has 0 aliphatic carbocycles. The van der Waals surface area contributed by atoms with E-state index in [9.17, 15) is 4.79 Å². The molecule has 7 nitrogen and oxygen atoms in total. The Morgan fingerprint density at radius 1 is 1.37 bits per heavy atom. The summed E-state index contributed by atoms with van der Waals surface area (Å²) in [6.07, 6.45) is 1.04. The van der Waals surface area contributed by atoms with Gasteiger partial charge < -0.3 is 21.1 Å². The summed E-state index contributed by atoms with van der Waals surface area (Å²) in [6.45, 7) is 3.77. The normalized spacial score (nSPS) is 10.2. The maximum Gasteiger partial charge on any atom is 0.217 e. The van der Waals surface area contributed by atoms with Crippen LogP contribution >= 0.6 is 0 Å². The number of nitrogens with two attached hydrogens (primary N) is 1. The molecule has 0 bridgehead atoms. The van der Waals surface area contributed by atoms with Gasteiger partial charge in [0.15, 0.2) is 5.82 Å². The second-order valence-corrected chi connectivity index (χ2v) is 4.01. The van der Waals surface area contributed by atoms with Crippen LogP contribution in [0.3, 0.4) is 0 Å². The number of primary amides is 1. The lowest BCUT2D eigenvalue weighted by molar-refractivity contribution is -0.118. The van der Waals surface area contributed by atoms with Crippen LogP contribution in [0, 0.1) is 0 Å². The predicted molar refractivity (Wildman–Crippen MR) is 73.8 cm³/mol. The Bertz CT molecular complexity index is 387. The number of anilines is 2. The third-order valence-electron chi connectivity index (χ3n) is 2.31. The molecule has 0 fully saturated rings. The number of nitrogens with one attached hydrogen (secondary N) is 2. The van der Waals surface area contributed by atoms with E-state index < -0.39 is 0 Å². The van der Waals surface area contributed by atoms with E-state index in [1.165, 1.54) is 0 Å². The molecule has 0 radical (unpaired) electrons. The van der Waals surface area contributed by atoms with Gasteiger partial charge in [0, 0.05) is 32.7 Å². The monoisotopic (exact) mass is 267 g/mol. The smallest absolute Gasteiger partial charge is 0.217 e. The Hall–Kier alpha value is -1.89. The molecule has 0 saturated carbocycles. The standard InChI is InChI=1S/C12H21N5O2/c1-3-14-10-7-11(15-6-4-5-9(13)18)17-12(16-10)8-19-2/h7H,3-6,8H2,1-2H3,(H2,13,18)(H2,14,15,16,17). The summed E-state index contributed by atoms with van der Waals surface area (Å²) in [4.78, 5) is 19.3. The van der Waals surface area contributed by atoms with E-state index in [4.69, 9.17) is 10.5 Å². The van der Waals surface area contributed by atoms with Gasteiger partial charge in [-0.05, 0) is 13.3 Å². The lowest BCUT2D eigenvalue weighted by Crippen LogP contribution is -2.14. The lowest BCUT2D eigenvalue weighted by Gasteiger charge is -2.10. The maximum absolute atomic E-state index is 10.6. The van der Waals surface area contributed by atoms with Crippen molar-refractivity contribution >= 4 is 17.5 Å². The minimum atomic E-state index is -0.294. The first kappa shape index (κ1) is 15.2. The highest BCUT2D eigenvalue weighted by Crippen LogP contribution is 2.12. The molecule has 0 saturated heterocycles. The molecular weight excluding hydrogens is 246 g/mol. The average Bonchev–Trinajstić information content (AvgIpc) is 2.35. The molecule has 0 aromatic carbocycles. The highest BCUT2D eigenvalue weighted by molar-refractivity contribution is 5.73.